The van der Waals surface area contributed by atoms with Crippen LogP contribution in [0.5, 0.6) is 6.01 Å². The van der Waals surface area contributed by atoms with Gasteiger partial charge in [0.2, 0.25) is 5.95 Å². The lowest BCUT2D eigenvalue weighted by Crippen LogP contribution is -2.29. The maximum atomic E-state index is 11.3. The van der Waals surface area contributed by atoms with Gasteiger partial charge in [-0.3, -0.25) is 5.32 Å². The molecule has 7 nitrogen and oxygen atoms in total. The number of unbranched alkanes of at least 4 members (excludes halogenated alkanes) is 1. The number of anilines is 1. The number of amides is 2. The van der Waals surface area contributed by atoms with Crippen molar-refractivity contribution in [1.29, 1.82) is 0 Å². The van der Waals surface area contributed by atoms with E-state index < -0.39 is 0 Å². The van der Waals surface area contributed by atoms with E-state index in [4.69, 9.17) is 4.74 Å². The highest BCUT2D eigenvalue weighted by atomic mass is 16.5. The van der Waals surface area contributed by atoms with E-state index in [0.717, 1.165) is 12.8 Å². The first kappa shape index (κ1) is 12.3. The largest absolute Gasteiger partial charge is 0.463 e. The zero-order valence-corrected chi connectivity index (χ0v) is 9.54. The van der Waals surface area contributed by atoms with Crippen LogP contribution in [0, 0.1) is 0 Å². The molecule has 0 aliphatic carbocycles. The number of hydrogen-bond donors (Lipinski definition) is 3. The SMILES string of the molecule is CCCCNC(=O)Nc1nc(OCC)n[nH]1. The number of nitrogens with zero attached hydrogens (tertiary/aromatic N) is 2. The van der Waals surface area contributed by atoms with Gasteiger partial charge < -0.3 is 10.1 Å². The third-order valence-corrected chi connectivity index (χ3v) is 1.79. The molecule has 0 aliphatic rings. The van der Waals surface area contributed by atoms with Gasteiger partial charge in [-0.15, -0.1) is 5.10 Å². The number of hydrogen-bond acceptors (Lipinski definition) is 4. The van der Waals surface area contributed by atoms with E-state index >= 15 is 0 Å². The Bertz CT molecular complexity index is 325. The van der Waals surface area contributed by atoms with E-state index in [1.165, 1.54) is 0 Å². The first-order valence-electron chi connectivity index (χ1n) is 5.36. The topological polar surface area (TPSA) is 91.9 Å². The second-order valence-corrected chi connectivity index (χ2v) is 3.13. The Morgan fingerprint density at radius 3 is 3.00 bits per heavy atom. The van der Waals surface area contributed by atoms with Crippen molar-refractivity contribution in [2.75, 3.05) is 18.5 Å². The van der Waals surface area contributed by atoms with Crippen molar-refractivity contribution in [3.63, 3.8) is 0 Å². The van der Waals surface area contributed by atoms with Crippen LogP contribution in [0.15, 0.2) is 0 Å². The lowest BCUT2D eigenvalue weighted by molar-refractivity contribution is 0.252. The third kappa shape index (κ3) is 4.16. The molecule has 3 N–H and O–H groups in total. The number of aromatic amines is 1. The first-order valence-corrected chi connectivity index (χ1v) is 5.36. The summed E-state index contributed by atoms with van der Waals surface area (Å²) in [5.74, 6) is 0.275. The van der Waals surface area contributed by atoms with Crippen molar-refractivity contribution < 1.29 is 9.53 Å². The Labute approximate surface area is 94.0 Å². The summed E-state index contributed by atoms with van der Waals surface area (Å²) in [5.41, 5.74) is 0. The Balaban J connectivity index is 2.31. The Hall–Kier alpha value is -1.79. The summed E-state index contributed by atoms with van der Waals surface area (Å²) < 4.78 is 5.04. The molecule has 0 fully saturated rings. The molecule has 0 saturated heterocycles. The maximum Gasteiger partial charge on any atom is 0.337 e. The maximum absolute atomic E-state index is 11.3. The van der Waals surface area contributed by atoms with E-state index in [0.29, 0.717) is 13.2 Å². The van der Waals surface area contributed by atoms with Crippen LogP contribution in [-0.4, -0.2) is 34.4 Å². The van der Waals surface area contributed by atoms with Crippen LogP contribution in [-0.2, 0) is 0 Å². The van der Waals surface area contributed by atoms with Gasteiger partial charge in [0.15, 0.2) is 0 Å². The molecule has 1 rings (SSSR count). The van der Waals surface area contributed by atoms with Gasteiger partial charge in [-0.05, 0) is 13.3 Å². The van der Waals surface area contributed by atoms with E-state index in [1.807, 2.05) is 6.92 Å². The molecular formula is C9H17N5O2. The van der Waals surface area contributed by atoms with E-state index in [9.17, 15) is 4.79 Å². The van der Waals surface area contributed by atoms with Gasteiger partial charge in [-0.2, -0.15) is 4.98 Å². The van der Waals surface area contributed by atoms with Crippen LogP contribution in [0.3, 0.4) is 0 Å². The van der Waals surface area contributed by atoms with Gasteiger partial charge >= 0.3 is 12.0 Å². The molecular weight excluding hydrogens is 210 g/mol. The van der Waals surface area contributed by atoms with Crippen LogP contribution in [0.2, 0.25) is 0 Å². The fourth-order valence-electron chi connectivity index (χ4n) is 1.03. The molecule has 1 aromatic heterocycles. The minimum atomic E-state index is -0.298. The molecule has 0 aromatic carbocycles. The van der Waals surface area contributed by atoms with Gasteiger partial charge in [-0.25, -0.2) is 9.89 Å². The number of H-pyrrole nitrogens is 1. The number of aromatic nitrogens is 3. The molecule has 1 aromatic rings. The highest BCUT2D eigenvalue weighted by molar-refractivity contribution is 5.87. The van der Waals surface area contributed by atoms with Gasteiger partial charge in [0.1, 0.15) is 0 Å². The van der Waals surface area contributed by atoms with Gasteiger partial charge in [0.05, 0.1) is 6.61 Å². The smallest absolute Gasteiger partial charge is 0.337 e. The molecule has 0 saturated carbocycles. The Kier molecular flexibility index (Phi) is 5.10. The van der Waals surface area contributed by atoms with Crippen molar-refractivity contribution in [2.45, 2.75) is 26.7 Å². The molecule has 0 unspecified atom stereocenters. The summed E-state index contributed by atoms with van der Waals surface area (Å²) in [4.78, 5) is 15.2. The summed E-state index contributed by atoms with van der Waals surface area (Å²) >= 11 is 0. The second-order valence-electron chi connectivity index (χ2n) is 3.13. The quantitative estimate of drug-likeness (QED) is 0.635. The van der Waals surface area contributed by atoms with E-state index in [1.54, 1.807) is 0 Å². The number of ether oxygens (including phenoxy) is 1. The lowest BCUT2D eigenvalue weighted by atomic mass is 10.3. The zero-order chi connectivity index (χ0) is 11.8. The molecule has 0 spiro atoms. The number of carbonyl (C=O) groups excluding carboxylic acids is 1. The average molecular weight is 227 g/mol. The van der Waals surface area contributed by atoms with Crippen LogP contribution < -0.4 is 15.4 Å². The summed E-state index contributed by atoms with van der Waals surface area (Å²) in [7, 11) is 0. The fourth-order valence-corrected chi connectivity index (χ4v) is 1.03. The predicted molar refractivity (Wildman–Crippen MR) is 59.5 cm³/mol. The van der Waals surface area contributed by atoms with Crippen LogP contribution in [0.1, 0.15) is 26.7 Å². The van der Waals surface area contributed by atoms with Crippen molar-refractivity contribution in [3.05, 3.63) is 0 Å². The molecule has 2 amide bonds. The third-order valence-electron chi connectivity index (χ3n) is 1.79. The monoisotopic (exact) mass is 227 g/mol. The summed E-state index contributed by atoms with van der Waals surface area (Å²) in [6.45, 7) is 5.03. The number of nitrogens with one attached hydrogen (secondary N) is 3. The molecule has 0 aliphatic heterocycles. The summed E-state index contributed by atoms with van der Waals surface area (Å²) in [6, 6.07) is -0.0704. The Morgan fingerprint density at radius 2 is 2.31 bits per heavy atom. The minimum Gasteiger partial charge on any atom is -0.463 e. The lowest BCUT2D eigenvalue weighted by Gasteiger charge is -2.03. The molecule has 0 radical (unpaired) electrons. The van der Waals surface area contributed by atoms with Crippen molar-refractivity contribution in [1.82, 2.24) is 20.5 Å². The number of carbonyl (C=O) groups is 1. The van der Waals surface area contributed by atoms with Crippen molar-refractivity contribution in [2.24, 2.45) is 0 Å². The minimum absolute atomic E-state index is 0.228. The zero-order valence-electron chi connectivity index (χ0n) is 9.54. The van der Waals surface area contributed by atoms with Gasteiger partial charge in [0.25, 0.3) is 0 Å². The van der Waals surface area contributed by atoms with Crippen LogP contribution >= 0.6 is 0 Å². The molecule has 7 heteroatoms. The van der Waals surface area contributed by atoms with Crippen molar-refractivity contribution >= 4 is 12.0 Å². The van der Waals surface area contributed by atoms with Gasteiger partial charge in [0, 0.05) is 6.54 Å². The van der Waals surface area contributed by atoms with Crippen molar-refractivity contribution in [3.8, 4) is 6.01 Å². The molecule has 0 atom stereocenters. The summed E-state index contributed by atoms with van der Waals surface area (Å²) in [5, 5.41) is 11.5. The van der Waals surface area contributed by atoms with E-state index in [2.05, 4.69) is 32.7 Å². The summed E-state index contributed by atoms with van der Waals surface area (Å²) in [6.07, 6.45) is 1.99. The van der Waals surface area contributed by atoms with Crippen LogP contribution in [0.4, 0.5) is 10.7 Å². The Morgan fingerprint density at radius 1 is 1.50 bits per heavy atom. The average Bonchev–Trinajstić information content (AvgIpc) is 2.66. The van der Waals surface area contributed by atoms with E-state index in [-0.39, 0.29) is 18.0 Å². The second kappa shape index (κ2) is 6.65. The predicted octanol–water partition coefficient (Wildman–Crippen LogP) is 1.12. The normalized spacial score (nSPS) is 9.88. The number of urea groups is 1. The molecule has 1 heterocycles. The highest BCUT2D eigenvalue weighted by Crippen LogP contribution is 2.04. The van der Waals surface area contributed by atoms with Gasteiger partial charge in [-0.1, -0.05) is 13.3 Å². The first-order chi connectivity index (χ1) is 7.76. The molecule has 16 heavy (non-hydrogen) atoms. The van der Waals surface area contributed by atoms with Crippen LogP contribution in [0.25, 0.3) is 0 Å². The molecule has 0 bridgehead atoms. The highest BCUT2D eigenvalue weighted by Gasteiger charge is 2.06. The fraction of sp³-hybridized carbons (Fsp3) is 0.667. The standard InChI is InChI=1S/C9H17N5O2/c1-3-5-6-10-8(15)11-7-12-9(14-13-7)16-4-2/h3-6H2,1-2H3,(H3,10,11,12,13,14,15). The number of rotatable bonds is 6. The molecule has 90 valence electrons.